The van der Waals surface area contributed by atoms with Crippen LogP contribution < -0.4 is 10.1 Å². The molecular formula is C27H26N2O2. The number of aryl methyl sites for hydroxylation is 1. The summed E-state index contributed by atoms with van der Waals surface area (Å²) in [5.74, 6) is 0.340. The van der Waals surface area contributed by atoms with E-state index < -0.39 is 0 Å². The summed E-state index contributed by atoms with van der Waals surface area (Å²) in [6.45, 7) is 2.46. The van der Waals surface area contributed by atoms with E-state index >= 15 is 0 Å². The monoisotopic (exact) mass is 410 g/mol. The summed E-state index contributed by atoms with van der Waals surface area (Å²) in [6, 6.07) is 22.3. The molecule has 1 N–H and O–H groups in total. The van der Waals surface area contributed by atoms with Gasteiger partial charge in [-0.2, -0.15) is 5.26 Å². The maximum absolute atomic E-state index is 12.8. The Bertz CT molecular complexity index is 1150. The number of nitrogens with one attached hydrogen (secondary N) is 1. The normalized spacial score (nSPS) is 14.4. The summed E-state index contributed by atoms with van der Waals surface area (Å²) in [5, 5.41) is 14.7. The molecular weight excluding hydrogens is 384 g/mol. The van der Waals surface area contributed by atoms with Crippen molar-refractivity contribution in [3.63, 3.8) is 0 Å². The van der Waals surface area contributed by atoms with E-state index in [1.165, 1.54) is 5.56 Å². The quantitative estimate of drug-likeness (QED) is 0.419. The minimum atomic E-state index is -0.313. The largest absolute Gasteiger partial charge is 0.488 e. The van der Waals surface area contributed by atoms with Crippen LogP contribution in [-0.2, 0) is 11.4 Å². The second-order valence-corrected chi connectivity index (χ2v) is 8.10. The van der Waals surface area contributed by atoms with Crippen molar-refractivity contribution in [1.29, 1.82) is 5.26 Å². The number of nitrogens with zero attached hydrogens (tertiary/aromatic N) is 1. The SMILES string of the molecule is Cc1ccc(COc2ccc3ccccc3c2/C=C(/C#N)C(=O)NC2CCCC2)cc1. The lowest BCUT2D eigenvalue weighted by Crippen LogP contribution is -2.33. The Kier molecular flexibility index (Phi) is 6.33. The van der Waals surface area contributed by atoms with Crippen LogP contribution in [0.15, 0.2) is 66.2 Å². The van der Waals surface area contributed by atoms with E-state index in [4.69, 9.17) is 4.74 Å². The Balaban J connectivity index is 1.67. The zero-order valence-electron chi connectivity index (χ0n) is 17.7. The van der Waals surface area contributed by atoms with Crippen molar-refractivity contribution >= 4 is 22.8 Å². The van der Waals surface area contributed by atoms with Crippen LogP contribution >= 0.6 is 0 Å². The Morgan fingerprint density at radius 2 is 1.84 bits per heavy atom. The lowest BCUT2D eigenvalue weighted by Gasteiger charge is -2.14. The molecule has 4 heteroatoms. The summed E-state index contributed by atoms with van der Waals surface area (Å²) in [7, 11) is 0. The van der Waals surface area contributed by atoms with Gasteiger partial charge in [-0.3, -0.25) is 4.79 Å². The second-order valence-electron chi connectivity index (χ2n) is 8.10. The van der Waals surface area contributed by atoms with Gasteiger partial charge >= 0.3 is 0 Å². The molecule has 0 atom stereocenters. The standard InChI is InChI=1S/C27H26N2O2/c1-19-10-12-20(13-11-19)18-31-26-15-14-21-6-2-5-9-24(21)25(26)16-22(17-28)27(30)29-23-7-3-4-8-23/h2,5-6,9-16,23H,3-4,7-8,18H2,1H3,(H,29,30)/b22-16-. The van der Waals surface area contributed by atoms with Crippen LogP contribution in [0.2, 0.25) is 0 Å². The van der Waals surface area contributed by atoms with Gasteiger partial charge in [-0.25, -0.2) is 0 Å². The van der Waals surface area contributed by atoms with Crippen molar-refractivity contribution in [3.8, 4) is 11.8 Å². The number of carbonyl (C=O) groups is 1. The van der Waals surface area contributed by atoms with Gasteiger partial charge in [0.05, 0.1) is 0 Å². The molecule has 0 unspecified atom stereocenters. The van der Waals surface area contributed by atoms with Crippen LogP contribution in [0.1, 0.15) is 42.4 Å². The fourth-order valence-electron chi connectivity index (χ4n) is 4.02. The molecule has 1 aliphatic carbocycles. The van der Waals surface area contributed by atoms with Crippen molar-refractivity contribution in [2.75, 3.05) is 0 Å². The molecule has 3 aromatic carbocycles. The first-order valence-corrected chi connectivity index (χ1v) is 10.8. The molecule has 1 aliphatic rings. The van der Waals surface area contributed by atoms with E-state index in [-0.39, 0.29) is 17.5 Å². The highest BCUT2D eigenvalue weighted by Crippen LogP contribution is 2.31. The van der Waals surface area contributed by atoms with E-state index in [9.17, 15) is 10.1 Å². The fourth-order valence-corrected chi connectivity index (χ4v) is 4.02. The molecule has 3 aromatic rings. The third-order valence-corrected chi connectivity index (χ3v) is 5.79. The molecule has 0 heterocycles. The predicted octanol–water partition coefficient (Wildman–Crippen LogP) is 5.69. The molecule has 0 aliphatic heterocycles. The van der Waals surface area contributed by atoms with Crippen molar-refractivity contribution in [2.24, 2.45) is 0 Å². The summed E-state index contributed by atoms with van der Waals surface area (Å²) in [6.07, 6.45) is 5.86. The van der Waals surface area contributed by atoms with Gasteiger partial charge in [0.1, 0.15) is 24.0 Å². The number of carbonyl (C=O) groups excluding carboxylic acids is 1. The molecule has 1 fully saturated rings. The predicted molar refractivity (Wildman–Crippen MR) is 123 cm³/mol. The number of benzene rings is 3. The van der Waals surface area contributed by atoms with Crippen molar-refractivity contribution in [2.45, 2.75) is 45.3 Å². The summed E-state index contributed by atoms with van der Waals surface area (Å²) >= 11 is 0. The highest BCUT2D eigenvalue weighted by molar-refractivity contribution is 6.05. The number of hydrogen-bond donors (Lipinski definition) is 1. The van der Waals surface area contributed by atoms with Crippen molar-refractivity contribution < 1.29 is 9.53 Å². The Hall–Kier alpha value is -3.58. The van der Waals surface area contributed by atoms with Gasteiger partial charge < -0.3 is 10.1 Å². The molecule has 0 aromatic heterocycles. The number of hydrogen-bond acceptors (Lipinski definition) is 3. The average molecular weight is 411 g/mol. The molecule has 0 bridgehead atoms. The highest BCUT2D eigenvalue weighted by atomic mass is 16.5. The third-order valence-electron chi connectivity index (χ3n) is 5.79. The highest BCUT2D eigenvalue weighted by Gasteiger charge is 2.20. The first-order valence-electron chi connectivity index (χ1n) is 10.8. The van der Waals surface area contributed by atoms with Crippen LogP contribution in [0, 0.1) is 18.3 Å². The smallest absolute Gasteiger partial charge is 0.262 e. The maximum atomic E-state index is 12.8. The zero-order chi connectivity index (χ0) is 21.6. The number of amides is 1. The van der Waals surface area contributed by atoms with E-state index in [0.29, 0.717) is 12.4 Å². The number of nitriles is 1. The molecule has 0 spiro atoms. The molecule has 0 saturated heterocycles. The van der Waals surface area contributed by atoms with E-state index in [1.54, 1.807) is 6.08 Å². The summed E-state index contributed by atoms with van der Waals surface area (Å²) in [4.78, 5) is 12.8. The number of ether oxygens (including phenoxy) is 1. The molecule has 4 nitrogen and oxygen atoms in total. The van der Waals surface area contributed by atoms with Gasteiger partial charge in [0, 0.05) is 11.6 Å². The first kappa shape index (κ1) is 20.7. The van der Waals surface area contributed by atoms with E-state index in [0.717, 1.165) is 47.6 Å². The van der Waals surface area contributed by atoms with Crippen LogP contribution in [0.5, 0.6) is 5.75 Å². The van der Waals surface area contributed by atoms with Gasteiger partial charge in [-0.05, 0) is 48.2 Å². The Labute approximate surface area is 183 Å². The van der Waals surface area contributed by atoms with Crippen LogP contribution in [0.3, 0.4) is 0 Å². The molecule has 156 valence electrons. The van der Waals surface area contributed by atoms with Crippen LogP contribution in [-0.4, -0.2) is 11.9 Å². The molecule has 4 rings (SSSR count). The average Bonchev–Trinajstić information content (AvgIpc) is 3.30. The molecule has 0 radical (unpaired) electrons. The van der Waals surface area contributed by atoms with Crippen LogP contribution in [0.4, 0.5) is 0 Å². The maximum Gasteiger partial charge on any atom is 0.262 e. The fraction of sp³-hybridized carbons (Fsp3) is 0.259. The van der Waals surface area contributed by atoms with Gasteiger partial charge in [-0.1, -0.05) is 73.0 Å². The minimum Gasteiger partial charge on any atom is -0.488 e. The van der Waals surface area contributed by atoms with Gasteiger partial charge in [0.25, 0.3) is 5.91 Å². The lowest BCUT2D eigenvalue weighted by molar-refractivity contribution is -0.117. The molecule has 31 heavy (non-hydrogen) atoms. The van der Waals surface area contributed by atoms with Crippen molar-refractivity contribution in [1.82, 2.24) is 5.32 Å². The van der Waals surface area contributed by atoms with E-state index in [2.05, 4.69) is 30.4 Å². The van der Waals surface area contributed by atoms with Gasteiger partial charge in [0.2, 0.25) is 0 Å². The van der Waals surface area contributed by atoms with Crippen molar-refractivity contribution in [3.05, 3.63) is 82.9 Å². The summed E-state index contributed by atoms with van der Waals surface area (Å²) < 4.78 is 6.14. The van der Waals surface area contributed by atoms with Gasteiger partial charge in [-0.15, -0.1) is 0 Å². The van der Waals surface area contributed by atoms with Crippen LogP contribution in [0.25, 0.3) is 16.8 Å². The first-order chi connectivity index (χ1) is 15.1. The second kappa shape index (κ2) is 9.49. The molecule has 1 saturated carbocycles. The minimum absolute atomic E-state index is 0.100. The van der Waals surface area contributed by atoms with E-state index in [1.807, 2.05) is 48.5 Å². The zero-order valence-corrected chi connectivity index (χ0v) is 17.7. The Morgan fingerprint density at radius 1 is 1.10 bits per heavy atom. The third kappa shape index (κ3) is 4.95. The van der Waals surface area contributed by atoms with Gasteiger partial charge in [0.15, 0.2) is 0 Å². The molecule has 1 amide bonds. The topological polar surface area (TPSA) is 62.1 Å². The summed E-state index contributed by atoms with van der Waals surface area (Å²) in [5.41, 5.74) is 3.12. The number of fused-ring (bicyclic) bond motifs is 1. The lowest BCUT2D eigenvalue weighted by atomic mass is 10.0. The number of rotatable bonds is 6. The Morgan fingerprint density at radius 3 is 2.58 bits per heavy atom.